The first-order valence-electron chi connectivity index (χ1n) is 6.86. The van der Waals surface area contributed by atoms with Crippen molar-refractivity contribution in [2.45, 2.75) is 44.2 Å². The number of carbonyl (C=O) groups excluding carboxylic acids is 1. The Morgan fingerprint density at radius 1 is 1.44 bits per heavy atom. The van der Waals surface area contributed by atoms with Gasteiger partial charge in [0.1, 0.15) is 0 Å². The summed E-state index contributed by atoms with van der Waals surface area (Å²) in [5.74, 6) is 0.0753. The lowest BCUT2D eigenvalue weighted by atomic mass is 9.90. The highest BCUT2D eigenvalue weighted by Crippen LogP contribution is 2.20. The lowest BCUT2D eigenvalue weighted by Gasteiger charge is -2.35. The standard InChI is InChI=1S/C13H27N3O2/c1-16(12-7-4-3-6-11(12)14)10-13(17)15-8-5-9-18-2/h11-12H,3-10,14H2,1-2H3,(H,15,17). The molecule has 0 heterocycles. The van der Waals surface area contributed by atoms with Gasteiger partial charge in [-0.05, 0) is 26.3 Å². The molecular weight excluding hydrogens is 230 g/mol. The third-order valence-electron chi connectivity index (χ3n) is 3.59. The lowest BCUT2D eigenvalue weighted by molar-refractivity contribution is -0.122. The molecule has 5 heteroatoms. The molecule has 106 valence electrons. The first-order valence-corrected chi connectivity index (χ1v) is 6.86. The summed E-state index contributed by atoms with van der Waals surface area (Å²) in [5, 5.41) is 2.90. The molecule has 1 amide bonds. The molecule has 0 bridgehead atoms. The predicted octanol–water partition coefficient (Wildman–Crippen LogP) is 0.341. The number of nitrogens with zero attached hydrogens (tertiary/aromatic N) is 1. The van der Waals surface area contributed by atoms with E-state index in [1.165, 1.54) is 12.8 Å². The summed E-state index contributed by atoms with van der Waals surface area (Å²) in [6.45, 7) is 1.80. The zero-order chi connectivity index (χ0) is 13.4. The highest BCUT2D eigenvalue weighted by Gasteiger charge is 2.26. The van der Waals surface area contributed by atoms with Gasteiger partial charge in [-0.25, -0.2) is 0 Å². The largest absolute Gasteiger partial charge is 0.385 e. The second kappa shape index (κ2) is 8.45. The number of rotatable bonds is 7. The van der Waals surface area contributed by atoms with E-state index in [-0.39, 0.29) is 11.9 Å². The number of hydrogen-bond acceptors (Lipinski definition) is 4. The number of carbonyl (C=O) groups is 1. The quantitative estimate of drug-likeness (QED) is 0.645. The van der Waals surface area contributed by atoms with Crippen molar-refractivity contribution in [1.82, 2.24) is 10.2 Å². The van der Waals surface area contributed by atoms with E-state index in [0.717, 1.165) is 19.3 Å². The maximum Gasteiger partial charge on any atom is 0.234 e. The summed E-state index contributed by atoms with van der Waals surface area (Å²) < 4.78 is 4.94. The number of methoxy groups -OCH3 is 1. The minimum absolute atomic E-state index is 0.0753. The Morgan fingerprint density at radius 2 is 2.17 bits per heavy atom. The summed E-state index contributed by atoms with van der Waals surface area (Å²) in [7, 11) is 3.66. The van der Waals surface area contributed by atoms with Crippen molar-refractivity contribution in [3.8, 4) is 0 Å². The topological polar surface area (TPSA) is 67.6 Å². The van der Waals surface area contributed by atoms with Gasteiger partial charge in [0.05, 0.1) is 6.54 Å². The number of likely N-dealkylation sites (N-methyl/N-ethyl adjacent to an activating group) is 1. The first-order chi connectivity index (χ1) is 8.65. The third kappa shape index (κ3) is 5.33. The summed E-state index contributed by atoms with van der Waals surface area (Å²) in [6, 6.07) is 0.563. The van der Waals surface area contributed by atoms with Crippen molar-refractivity contribution >= 4 is 5.91 Å². The molecule has 0 aromatic carbocycles. The molecule has 1 rings (SSSR count). The molecule has 1 saturated carbocycles. The van der Waals surface area contributed by atoms with Crippen LogP contribution in [0, 0.1) is 0 Å². The fourth-order valence-electron chi connectivity index (χ4n) is 2.53. The van der Waals surface area contributed by atoms with Crippen molar-refractivity contribution < 1.29 is 9.53 Å². The molecule has 5 nitrogen and oxygen atoms in total. The fourth-order valence-corrected chi connectivity index (χ4v) is 2.53. The van der Waals surface area contributed by atoms with Gasteiger partial charge >= 0.3 is 0 Å². The molecule has 0 aromatic heterocycles. The van der Waals surface area contributed by atoms with Crippen molar-refractivity contribution in [2.24, 2.45) is 5.73 Å². The van der Waals surface area contributed by atoms with E-state index in [2.05, 4.69) is 10.2 Å². The van der Waals surface area contributed by atoms with Crippen LogP contribution in [0.5, 0.6) is 0 Å². The zero-order valence-electron chi connectivity index (χ0n) is 11.7. The Kier molecular flexibility index (Phi) is 7.23. The van der Waals surface area contributed by atoms with Gasteiger partial charge in [-0.15, -0.1) is 0 Å². The highest BCUT2D eigenvalue weighted by atomic mass is 16.5. The van der Waals surface area contributed by atoms with Gasteiger partial charge in [0.2, 0.25) is 5.91 Å². The summed E-state index contributed by atoms with van der Waals surface area (Å²) in [5.41, 5.74) is 6.11. The fraction of sp³-hybridized carbons (Fsp3) is 0.923. The molecule has 0 aliphatic heterocycles. The van der Waals surface area contributed by atoms with Gasteiger partial charge in [-0.3, -0.25) is 9.69 Å². The maximum atomic E-state index is 11.7. The van der Waals surface area contributed by atoms with Crippen LogP contribution in [0.15, 0.2) is 0 Å². The average molecular weight is 257 g/mol. The van der Waals surface area contributed by atoms with Crippen molar-refractivity contribution in [1.29, 1.82) is 0 Å². The second-order valence-electron chi connectivity index (χ2n) is 5.13. The number of amides is 1. The molecule has 1 aliphatic carbocycles. The van der Waals surface area contributed by atoms with Crippen LogP contribution >= 0.6 is 0 Å². The SMILES string of the molecule is COCCCNC(=O)CN(C)C1CCCCC1N. The van der Waals surface area contributed by atoms with E-state index < -0.39 is 0 Å². The molecule has 0 saturated heterocycles. The molecule has 3 N–H and O–H groups in total. The van der Waals surface area contributed by atoms with Gasteiger partial charge in [-0.1, -0.05) is 12.8 Å². The molecule has 0 radical (unpaired) electrons. The number of nitrogens with one attached hydrogen (secondary N) is 1. The van der Waals surface area contributed by atoms with E-state index in [1.807, 2.05) is 7.05 Å². The summed E-state index contributed by atoms with van der Waals surface area (Å²) in [6.07, 6.45) is 5.47. The Morgan fingerprint density at radius 3 is 2.83 bits per heavy atom. The minimum atomic E-state index is 0.0753. The van der Waals surface area contributed by atoms with Crippen molar-refractivity contribution in [3.05, 3.63) is 0 Å². The molecule has 18 heavy (non-hydrogen) atoms. The maximum absolute atomic E-state index is 11.7. The zero-order valence-corrected chi connectivity index (χ0v) is 11.7. The molecular formula is C13H27N3O2. The van der Waals surface area contributed by atoms with Crippen LogP contribution in [-0.2, 0) is 9.53 Å². The third-order valence-corrected chi connectivity index (χ3v) is 3.59. The van der Waals surface area contributed by atoms with Gasteiger partial charge in [0.25, 0.3) is 0 Å². The Labute approximate surface area is 110 Å². The van der Waals surface area contributed by atoms with Crippen LogP contribution < -0.4 is 11.1 Å². The van der Waals surface area contributed by atoms with Crippen molar-refractivity contribution in [3.63, 3.8) is 0 Å². The van der Waals surface area contributed by atoms with E-state index >= 15 is 0 Å². The van der Waals surface area contributed by atoms with Crippen molar-refractivity contribution in [2.75, 3.05) is 33.9 Å². The van der Waals surface area contributed by atoms with E-state index in [1.54, 1.807) is 7.11 Å². The van der Waals surface area contributed by atoms with Gasteiger partial charge in [0.15, 0.2) is 0 Å². The first kappa shape index (κ1) is 15.4. The van der Waals surface area contributed by atoms with Crippen LogP contribution in [0.2, 0.25) is 0 Å². The van der Waals surface area contributed by atoms with Crippen LogP contribution in [0.4, 0.5) is 0 Å². The average Bonchev–Trinajstić information content (AvgIpc) is 2.35. The Bertz CT molecular complexity index is 248. The lowest BCUT2D eigenvalue weighted by Crippen LogP contribution is -2.50. The minimum Gasteiger partial charge on any atom is -0.385 e. The monoisotopic (exact) mass is 257 g/mol. The normalized spacial score (nSPS) is 24.2. The van der Waals surface area contributed by atoms with E-state index in [4.69, 9.17) is 10.5 Å². The predicted molar refractivity (Wildman–Crippen MR) is 72.4 cm³/mol. The van der Waals surface area contributed by atoms with Crippen LogP contribution in [0.25, 0.3) is 0 Å². The summed E-state index contributed by atoms with van der Waals surface area (Å²) >= 11 is 0. The highest BCUT2D eigenvalue weighted by molar-refractivity contribution is 5.77. The molecule has 1 fully saturated rings. The number of hydrogen-bond donors (Lipinski definition) is 2. The van der Waals surface area contributed by atoms with E-state index in [9.17, 15) is 4.79 Å². The van der Waals surface area contributed by atoms with Crippen LogP contribution in [0.1, 0.15) is 32.1 Å². The molecule has 2 atom stereocenters. The van der Waals surface area contributed by atoms with Gasteiger partial charge in [-0.2, -0.15) is 0 Å². The van der Waals surface area contributed by atoms with Crippen LogP contribution in [-0.4, -0.2) is 56.7 Å². The van der Waals surface area contributed by atoms with Gasteiger partial charge in [0, 0.05) is 32.3 Å². The number of nitrogens with two attached hydrogens (primary N) is 1. The van der Waals surface area contributed by atoms with E-state index in [0.29, 0.717) is 25.7 Å². The second-order valence-corrected chi connectivity index (χ2v) is 5.13. The smallest absolute Gasteiger partial charge is 0.234 e. The molecule has 2 unspecified atom stereocenters. The Hall–Kier alpha value is -0.650. The summed E-state index contributed by atoms with van der Waals surface area (Å²) in [4.78, 5) is 13.8. The molecule has 1 aliphatic rings. The molecule has 0 aromatic rings. The number of ether oxygens (including phenoxy) is 1. The molecule has 0 spiro atoms. The van der Waals surface area contributed by atoms with Gasteiger partial charge < -0.3 is 15.8 Å². The van der Waals surface area contributed by atoms with Crippen LogP contribution in [0.3, 0.4) is 0 Å². The Balaban J connectivity index is 2.21.